The topological polar surface area (TPSA) is 47.5 Å². The van der Waals surface area contributed by atoms with E-state index < -0.39 is 0 Å². The maximum atomic E-state index is 16.4. The first kappa shape index (κ1) is 26.2. The third-order valence-electron chi connectivity index (χ3n) is 8.45. The summed E-state index contributed by atoms with van der Waals surface area (Å²) in [7, 11) is 4.17. The predicted molar refractivity (Wildman–Crippen MR) is 160 cm³/mol. The minimum Gasteiger partial charge on any atom is -0.353 e. The molecule has 204 valence electrons. The van der Waals surface area contributed by atoms with E-state index in [0.29, 0.717) is 45.6 Å². The van der Waals surface area contributed by atoms with Crippen molar-refractivity contribution < 1.29 is 4.39 Å². The van der Waals surface area contributed by atoms with E-state index in [9.17, 15) is 0 Å². The average Bonchev–Trinajstić information content (AvgIpc) is 3.21. The third kappa shape index (κ3) is 5.04. The number of fused-ring (bicyclic) bond motifs is 3. The monoisotopic (exact) mass is 546 g/mol. The van der Waals surface area contributed by atoms with Crippen molar-refractivity contribution >= 4 is 45.9 Å². The van der Waals surface area contributed by atoms with Gasteiger partial charge in [-0.3, -0.25) is 0 Å². The molecule has 2 aromatic carbocycles. The minimum absolute atomic E-state index is 0.337. The van der Waals surface area contributed by atoms with Crippen molar-refractivity contribution in [3.05, 3.63) is 70.0 Å². The highest BCUT2D eigenvalue weighted by atomic mass is 35.5. The summed E-state index contributed by atoms with van der Waals surface area (Å²) in [6.45, 7) is 7.34. The van der Waals surface area contributed by atoms with Gasteiger partial charge in [-0.25, -0.2) is 9.37 Å². The van der Waals surface area contributed by atoms with Crippen LogP contribution < -0.4 is 15.1 Å². The van der Waals surface area contributed by atoms with Gasteiger partial charge >= 0.3 is 0 Å². The fourth-order valence-corrected chi connectivity index (χ4v) is 6.32. The Kier molecular flexibility index (Phi) is 7.08. The number of aromatic nitrogens is 2. The lowest BCUT2D eigenvalue weighted by Crippen LogP contribution is -2.58. The van der Waals surface area contributed by atoms with Gasteiger partial charge in [-0.2, -0.15) is 4.98 Å². The molecule has 39 heavy (non-hydrogen) atoms. The Morgan fingerprint density at radius 2 is 1.79 bits per heavy atom. The van der Waals surface area contributed by atoms with Crippen molar-refractivity contribution in [1.29, 1.82) is 0 Å². The molecule has 1 N–H and O–H groups in total. The summed E-state index contributed by atoms with van der Waals surface area (Å²) in [6, 6.07) is 11.4. The van der Waals surface area contributed by atoms with Crippen molar-refractivity contribution in [2.75, 3.05) is 50.1 Å². The molecule has 0 radical (unpaired) electrons. The molecule has 3 fully saturated rings. The second-order valence-electron chi connectivity index (χ2n) is 11.4. The summed E-state index contributed by atoms with van der Waals surface area (Å²) in [5.74, 6) is 0.994. The smallest absolute Gasteiger partial charge is 0.228 e. The third-order valence-corrected chi connectivity index (χ3v) is 8.75. The molecule has 6 nitrogen and oxygen atoms in total. The van der Waals surface area contributed by atoms with Crippen LogP contribution in [-0.4, -0.2) is 73.3 Å². The number of nitrogens with one attached hydrogen (secondary N) is 1. The van der Waals surface area contributed by atoms with Crippen LogP contribution in [-0.2, 0) is 0 Å². The van der Waals surface area contributed by atoms with E-state index in [1.54, 1.807) is 0 Å². The normalized spacial score (nSPS) is 22.0. The van der Waals surface area contributed by atoms with Gasteiger partial charge < -0.3 is 20.0 Å². The van der Waals surface area contributed by atoms with Gasteiger partial charge in [-0.15, -0.1) is 0 Å². The first-order valence-corrected chi connectivity index (χ1v) is 14.2. The molecule has 0 saturated carbocycles. The summed E-state index contributed by atoms with van der Waals surface area (Å²) in [6.07, 6.45) is 8.22. The Morgan fingerprint density at radius 3 is 2.49 bits per heavy atom. The standard InChI is InChI=1S/C31H36ClFN6/c1-19-8-5-6-10-21(19)11-7-9-20(2)27-26(32)14-25-29(28(27)33)35-31(39-17-24(18-39)37(3)4)36-30(25)38-15-22-12-13-23(16-38)34-22/h5-11,14,22-24,34H,12-13,15-18H2,1-4H3/b11-7-,20-9+. The number of halogens is 2. The number of aryl methyl sites for hydroxylation is 1. The van der Waals surface area contributed by atoms with Crippen molar-refractivity contribution in [1.82, 2.24) is 20.2 Å². The Labute approximate surface area is 235 Å². The zero-order valence-electron chi connectivity index (χ0n) is 23.1. The highest BCUT2D eigenvalue weighted by Gasteiger charge is 2.36. The minimum atomic E-state index is -0.386. The SMILES string of the molecule is C/C(=C\C=C/c1ccccc1C)c1c(Cl)cc2c(N3CC4CCC(C3)N4)nc(N3CC(N(C)C)C3)nc2c1F. The largest absolute Gasteiger partial charge is 0.353 e. The molecule has 0 amide bonds. The molecule has 2 unspecified atom stereocenters. The van der Waals surface area contributed by atoms with Crippen LogP contribution in [0.3, 0.4) is 0 Å². The molecule has 3 aliphatic heterocycles. The number of rotatable bonds is 6. The number of benzene rings is 2. The molecule has 2 atom stereocenters. The summed E-state index contributed by atoms with van der Waals surface area (Å²) in [4.78, 5) is 16.5. The van der Waals surface area contributed by atoms with E-state index in [4.69, 9.17) is 21.6 Å². The molecular formula is C31H36ClFN6. The van der Waals surface area contributed by atoms with Crippen LogP contribution in [0.25, 0.3) is 22.6 Å². The van der Waals surface area contributed by atoms with Gasteiger partial charge in [-0.05, 0) is 63.6 Å². The lowest BCUT2D eigenvalue weighted by molar-refractivity contribution is 0.245. The molecular weight excluding hydrogens is 511 g/mol. The van der Waals surface area contributed by atoms with Gasteiger partial charge in [0.1, 0.15) is 11.3 Å². The lowest BCUT2D eigenvalue weighted by atomic mass is 10.0. The van der Waals surface area contributed by atoms with Gasteiger partial charge in [-0.1, -0.05) is 54.1 Å². The number of anilines is 2. The molecule has 3 aliphatic rings. The van der Waals surface area contributed by atoms with E-state index in [0.717, 1.165) is 56.0 Å². The molecule has 2 bridgehead atoms. The zero-order chi connectivity index (χ0) is 27.3. The summed E-state index contributed by atoms with van der Waals surface area (Å²) < 4.78 is 16.4. The van der Waals surface area contributed by atoms with Crippen molar-refractivity contribution in [2.24, 2.45) is 0 Å². The van der Waals surface area contributed by atoms with Gasteiger partial charge in [0.15, 0.2) is 5.82 Å². The van der Waals surface area contributed by atoms with Crippen molar-refractivity contribution in [3.63, 3.8) is 0 Å². The van der Waals surface area contributed by atoms with E-state index in [2.05, 4.69) is 53.2 Å². The lowest BCUT2D eigenvalue weighted by Gasteiger charge is -2.43. The van der Waals surface area contributed by atoms with Crippen LogP contribution in [0.1, 0.15) is 36.5 Å². The van der Waals surface area contributed by atoms with Crippen LogP contribution in [0, 0.1) is 12.7 Å². The van der Waals surface area contributed by atoms with Crippen LogP contribution in [0.4, 0.5) is 16.2 Å². The fraction of sp³-hybridized carbons (Fsp3) is 0.419. The van der Waals surface area contributed by atoms with Crippen molar-refractivity contribution in [2.45, 2.75) is 44.8 Å². The molecule has 0 spiro atoms. The molecule has 4 heterocycles. The Hall–Kier alpha value is -3.00. The van der Waals surface area contributed by atoms with Crippen molar-refractivity contribution in [3.8, 4) is 0 Å². The van der Waals surface area contributed by atoms with Crippen LogP contribution in [0.5, 0.6) is 0 Å². The second-order valence-corrected chi connectivity index (χ2v) is 11.8. The fourth-order valence-electron chi connectivity index (χ4n) is 5.98. The predicted octanol–water partition coefficient (Wildman–Crippen LogP) is 5.54. The summed E-state index contributed by atoms with van der Waals surface area (Å²) in [5.41, 5.74) is 3.80. The Morgan fingerprint density at radius 1 is 1.08 bits per heavy atom. The molecule has 8 heteroatoms. The van der Waals surface area contributed by atoms with Crippen LogP contribution in [0.15, 0.2) is 42.5 Å². The highest BCUT2D eigenvalue weighted by molar-refractivity contribution is 6.33. The molecule has 0 aliphatic carbocycles. The van der Waals surface area contributed by atoms with Crippen LogP contribution in [0.2, 0.25) is 5.02 Å². The summed E-state index contributed by atoms with van der Waals surface area (Å²) >= 11 is 6.79. The van der Waals surface area contributed by atoms with Gasteiger partial charge in [0.2, 0.25) is 5.95 Å². The van der Waals surface area contributed by atoms with Gasteiger partial charge in [0.25, 0.3) is 0 Å². The first-order chi connectivity index (χ1) is 18.8. The van der Waals surface area contributed by atoms with Gasteiger partial charge in [0.05, 0.1) is 5.02 Å². The summed E-state index contributed by atoms with van der Waals surface area (Å²) in [5, 5.41) is 4.74. The van der Waals surface area contributed by atoms with E-state index in [1.165, 1.54) is 5.56 Å². The average molecular weight is 547 g/mol. The number of hydrogen-bond donors (Lipinski definition) is 1. The van der Waals surface area contributed by atoms with E-state index in [1.807, 2.05) is 43.4 Å². The Balaban J connectivity index is 1.41. The van der Waals surface area contributed by atoms with Crippen LogP contribution >= 0.6 is 11.6 Å². The molecule has 3 saturated heterocycles. The highest BCUT2D eigenvalue weighted by Crippen LogP contribution is 2.38. The van der Waals surface area contributed by atoms with Gasteiger partial charge in [0, 0.05) is 55.3 Å². The second kappa shape index (κ2) is 10.5. The maximum absolute atomic E-state index is 16.4. The van der Waals surface area contributed by atoms with E-state index >= 15 is 4.39 Å². The molecule has 3 aromatic rings. The zero-order valence-corrected chi connectivity index (χ0v) is 23.8. The molecule has 1 aromatic heterocycles. The number of hydrogen-bond acceptors (Lipinski definition) is 6. The molecule has 6 rings (SSSR count). The van der Waals surface area contributed by atoms with E-state index in [-0.39, 0.29) is 5.82 Å². The quantitative estimate of drug-likeness (QED) is 0.410. The Bertz CT molecular complexity index is 1450. The maximum Gasteiger partial charge on any atom is 0.228 e. The first-order valence-electron chi connectivity index (χ1n) is 13.8. The number of likely N-dealkylation sites (N-methyl/N-ethyl adjacent to an activating group) is 1. The number of nitrogens with zero attached hydrogens (tertiary/aromatic N) is 5. The number of piperazine rings is 1. The number of allylic oxidation sites excluding steroid dienone is 3.